The Bertz CT molecular complexity index is 290. The van der Waals surface area contributed by atoms with E-state index in [2.05, 4.69) is 4.98 Å². The standard InChI is InChI=1S/C6H3Cl2N2/c7-5-2-1-4(10-9)3-6(5)8/h1-3H/q+1. The Morgan fingerprint density at radius 2 is 1.90 bits per heavy atom. The fourth-order valence-electron chi connectivity index (χ4n) is 0.547. The zero-order valence-electron chi connectivity index (χ0n) is 4.88. The molecule has 0 saturated heterocycles. The summed E-state index contributed by atoms with van der Waals surface area (Å²) in [6, 6.07) is 4.61. The summed E-state index contributed by atoms with van der Waals surface area (Å²) in [6.07, 6.45) is 0. The van der Waals surface area contributed by atoms with Gasteiger partial charge in [0.15, 0.2) is 4.98 Å². The Morgan fingerprint density at radius 1 is 1.20 bits per heavy atom. The highest BCUT2D eigenvalue weighted by atomic mass is 35.5. The molecule has 0 spiro atoms. The van der Waals surface area contributed by atoms with Crippen LogP contribution in [0.25, 0.3) is 4.98 Å². The second kappa shape index (κ2) is 2.87. The molecular weight excluding hydrogens is 171 g/mol. The summed E-state index contributed by atoms with van der Waals surface area (Å²) >= 11 is 11.2. The van der Waals surface area contributed by atoms with Crippen LogP contribution in [0.2, 0.25) is 10.0 Å². The van der Waals surface area contributed by atoms with Crippen LogP contribution in [-0.4, -0.2) is 0 Å². The number of hydrogen-bond acceptors (Lipinski definition) is 1. The topological polar surface area (TPSA) is 28.1 Å². The summed E-state index contributed by atoms with van der Waals surface area (Å²) in [5.74, 6) is 0. The molecule has 0 heterocycles. The minimum Gasteiger partial charge on any atom is -0.0827 e. The molecule has 0 fully saturated rings. The zero-order valence-corrected chi connectivity index (χ0v) is 6.39. The van der Waals surface area contributed by atoms with E-state index in [1.807, 2.05) is 0 Å². The van der Waals surface area contributed by atoms with E-state index in [0.717, 1.165) is 0 Å². The summed E-state index contributed by atoms with van der Waals surface area (Å²) in [5, 5.41) is 9.12. The average Bonchev–Trinajstić information content (AvgIpc) is 1.95. The second-order valence-electron chi connectivity index (χ2n) is 1.70. The molecule has 0 aliphatic carbocycles. The first-order chi connectivity index (χ1) is 4.74. The van der Waals surface area contributed by atoms with Gasteiger partial charge in [-0.15, -0.1) is 0 Å². The normalized spacial score (nSPS) is 8.90. The van der Waals surface area contributed by atoms with Gasteiger partial charge in [-0.3, -0.25) is 0 Å². The third-order valence-corrected chi connectivity index (χ3v) is 1.76. The van der Waals surface area contributed by atoms with E-state index in [-0.39, 0.29) is 0 Å². The van der Waals surface area contributed by atoms with Crippen molar-refractivity contribution >= 4 is 28.9 Å². The Morgan fingerprint density at radius 3 is 2.40 bits per heavy atom. The number of halogens is 2. The lowest BCUT2D eigenvalue weighted by Crippen LogP contribution is -1.65. The van der Waals surface area contributed by atoms with Crippen LogP contribution in [0.4, 0.5) is 5.69 Å². The van der Waals surface area contributed by atoms with E-state index < -0.39 is 0 Å². The van der Waals surface area contributed by atoms with Crippen molar-refractivity contribution in [1.82, 2.24) is 0 Å². The predicted molar refractivity (Wildman–Crippen MR) is 41.2 cm³/mol. The molecule has 0 aliphatic rings. The van der Waals surface area contributed by atoms with Crippen molar-refractivity contribution in [2.24, 2.45) is 0 Å². The van der Waals surface area contributed by atoms with Gasteiger partial charge in [0.25, 0.3) is 0 Å². The molecule has 1 rings (SSSR count). The molecule has 10 heavy (non-hydrogen) atoms. The van der Waals surface area contributed by atoms with Gasteiger partial charge in [-0.25, -0.2) is 0 Å². The lowest BCUT2D eigenvalue weighted by Gasteiger charge is -1.87. The minimum absolute atomic E-state index is 0.386. The van der Waals surface area contributed by atoms with Gasteiger partial charge in [0.2, 0.25) is 5.39 Å². The molecule has 50 valence electrons. The largest absolute Gasteiger partial charge is 0.386 e. The molecule has 0 N–H and O–H groups in total. The maximum Gasteiger partial charge on any atom is 0.386 e. The van der Waals surface area contributed by atoms with Gasteiger partial charge >= 0.3 is 5.69 Å². The number of rotatable bonds is 0. The molecule has 1 aromatic carbocycles. The summed E-state index contributed by atoms with van der Waals surface area (Å²) in [7, 11) is 0. The summed E-state index contributed by atoms with van der Waals surface area (Å²) in [5.41, 5.74) is 0.398. The van der Waals surface area contributed by atoms with Crippen molar-refractivity contribution in [2.45, 2.75) is 0 Å². The van der Waals surface area contributed by atoms with Crippen LogP contribution in [0.1, 0.15) is 0 Å². The fourth-order valence-corrected chi connectivity index (χ4v) is 0.840. The maximum atomic E-state index is 8.28. The summed E-state index contributed by atoms with van der Waals surface area (Å²) in [4.78, 5) is 2.93. The molecular formula is C6H3Cl2N2+. The van der Waals surface area contributed by atoms with Crippen molar-refractivity contribution < 1.29 is 0 Å². The van der Waals surface area contributed by atoms with Crippen molar-refractivity contribution in [2.75, 3.05) is 0 Å². The molecule has 0 saturated carbocycles. The number of benzene rings is 1. The molecule has 1 aromatic rings. The van der Waals surface area contributed by atoms with Crippen LogP contribution in [-0.2, 0) is 0 Å². The van der Waals surface area contributed by atoms with Crippen molar-refractivity contribution in [3.8, 4) is 0 Å². The molecule has 0 radical (unpaired) electrons. The molecule has 0 atom stereocenters. The van der Waals surface area contributed by atoms with Gasteiger partial charge in [-0.05, 0) is 6.07 Å². The van der Waals surface area contributed by atoms with Gasteiger partial charge in [0.1, 0.15) is 0 Å². The summed E-state index contributed by atoms with van der Waals surface area (Å²) < 4.78 is 0. The Labute approximate surface area is 68.0 Å². The van der Waals surface area contributed by atoms with Crippen LogP contribution in [0.5, 0.6) is 0 Å². The minimum atomic E-state index is 0.386. The van der Waals surface area contributed by atoms with E-state index in [1.54, 1.807) is 12.1 Å². The quantitative estimate of drug-likeness (QED) is 0.553. The van der Waals surface area contributed by atoms with Crippen LogP contribution in [0, 0.1) is 5.39 Å². The van der Waals surface area contributed by atoms with Crippen molar-refractivity contribution in [1.29, 1.82) is 5.39 Å². The average molecular weight is 174 g/mol. The smallest absolute Gasteiger partial charge is 0.0827 e. The fraction of sp³-hybridized carbons (Fsp3) is 0. The van der Waals surface area contributed by atoms with E-state index >= 15 is 0 Å². The molecule has 0 unspecified atom stereocenters. The van der Waals surface area contributed by atoms with E-state index in [0.29, 0.717) is 15.7 Å². The zero-order chi connectivity index (χ0) is 7.56. The van der Waals surface area contributed by atoms with Crippen molar-refractivity contribution in [3.05, 3.63) is 33.2 Å². The van der Waals surface area contributed by atoms with E-state index in [4.69, 9.17) is 28.6 Å². The third-order valence-electron chi connectivity index (χ3n) is 1.02. The van der Waals surface area contributed by atoms with E-state index in [9.17, 15) is 0 Å². The lowest BCUT2D eigenvalue weighted by molar-refractivity contribution is 1.46. The van der Waals surface area contributed by atoms with Crippen molar-refractivity contribution in [3.63, 3.8) is 0 Å². The summed E-state index contributed by atoms with van der Waals surface area (Å²) in [6.45, 7) is 0. The molecule has 0 bridgehead atoms. The van der Waals surface area contributed by atoms with E-state index in [1.165, 1.54) is 6.07 Å². The number of hydrogen-bond donors (Lipinski definition) is 0. The van der Waals surface area contributed by atoms with Crippen LogP contribution in [0.15, 0.2) is 18.2 Å². The highest BCUT2D eigenvalue weighted by Crippen LogP contribution is 2.26. The number of nitrogens with zero attached hydrogens (tertiary/aromatic N) is 2. The Balaban J connectivity index is 3.20. The van der Waals surface area contributed by atoms with Crippen LogP contribution < -0.4 is 0 Å². The molecule has 2 nitrogen and oxygen atoms in total. The second-order valence-corrected chi connectivity index (χ2v) is 2.51. The lowest BCUT2D eigenvalue weighted by atomic mass is 10.3. The maximum absolute atomic E-state index is 8.28. The van der Waals surface area contributed by atoms with Gasteiger partial charge in [-0.1, -0.05) is 23.2 Å². The van der Waals surface area contributed by atoms with Crippen LogP contribution in [0.3, 0.4) is 0 Å². The first-order valence-electron chi connectivity index (χ1n) is 2.54. The van der Waals surface area contributed by atoms with Gasteiger partial charge in [0, 0.05) is 6.07 Å². The number of diazo groups is 1. The molecule has 0 aliphatic heterocycles. The highest BCUT2D eigenvalue weighted by Gasteiger charge is 2.06. The van der Waals surface area contributed by atoms with Gasteiger partial charge < -0.3 is 0 Å². The third kappa shape index (κ3) is 1.38. The molecule has 0 amide bonds. The Kier molecular flexibility index (Phi) is 2.10. The van der Waals surface area contributed by atoms with Gasteiger partial charge in [-0.2, -0.15) is 0 Å². The predicted octanol–water partition coefficient (Wildman–Crippen LogP) is 3.48. The molecule has 4 heteroatoms. The van der Waals surface area contributed by atoms with Gasteiger partial charge in [0.05, 0.1) is 16.1 Å². The first kappa shape index (κ1) is 7.33. The first-order valence-corrected chi connectivity index (χ1v) is 3.30. The molecule has 0 aromatic heterocycles. The highest BCUT2D eigenvalue weighted by molar-refractivity contribution is 6.42. The Hall–Kier alpha value is -0.780. The monoisotopic (exact) mass is 173 g/mol. The SMILES string of the molecule is N#[N+]c1ccc(Cl)c(Cl)c1. The van der Waals surface area contributed by atoms with Crippen LogP contribution >= 0.6 is 23.2 Å².